The molecule has 28 heavy (non-hydrogen) atoms. The van der Waals surface area contributed by atoms with Gasteiger partial charge in [0.25, 0.3) is 5.91 Å². The minimum Gasteiger partial charge on any atom is -0.477 e. The van der Waals surface area contributed by atoms with Crippen molar-refractivity contribution < 1.29 is 27.3 Å². The Labute approximate surface area is 160 Å². The molecule has 0 radical (unpaired) electrons. The largest absolute Gasteiger partial charge is 0.477 e. The number of amides is 1. The second-order valence-electron chi connectivity index (χ2n) is 5.97. The van der Waals surface area contributed by atoms with Crippen LogP contribution in [0.5, 0.6) is 5.75 Å². The first-order valence-corrected chi connectivity index (χ1v) is 9.36. The number of ether oxygens (including phenoxy) is 1. The van der Waals surface area contributed by atoms with Crippen molar-refractivity contribution in [2.24, 2.45) is 0 Å². The van der Waals surface area contributed by atoms with Gasteiger partial charge in [-0.25, -0.2) is 17.1 Å². The molecule has 0 unspecified atom stereocenters. The molecule has 1 N–H and O–H groups in total. The zero-order valence-corrected chi connectivity index (χ0v) is 16.1. The molecule has 11 heteroatoms. The van der Waals surface area contributed by atoms with Crippen molar-refractivity contribution in [3.05, 3.63) is 57.9 Å². The molecule has 2 aromatic rings. The number of sulfonamides is 1. The van der Waals surface area contributed by atoms with Crippen LogP contribution in [0.1, 0.15) is 5.56 Å². The number of halogens is 1. The molecule has 9 nitrogen and oxygen atoms in total. The molecule has 0 fully saturated rings. The Kier molecular flexibility index (Phi) is 6.31. The Bertz CT molecular complexity index is 1020. The third-order valence-corrected chi connectivity index (χ3v) is 5.66. The predicted octanol–water partition coefficient (Wildman–Crippen LogP) is 2.31. The number of nitrogens with zero attached hydrogens (tertiary/aromatic N) is 2. The summed E-state index contributed by atoms with van der Waals surface area (Å²) >= 11 is 0. The smallest absolute Gasteiger partial charge is 0.311 e. The number of nitro benzene ring substituents is 1. The van der Waals surface area contributed by atoms with Gasteiger partial charge in [-0.1, -0.05) is 6.07 Å². The van der Waals surface area contributed by atoms with Gasteiger partial charge in [0.05, 0.1) is 9.82 Å². The number of carbonyl (C=O) groups is 1. The molecule has 0 aliphatic rings. The molecule has 0 bridgehead atoms. The van der Waals surface area contributed by atoms with Crippen LogP contribution in [-0.4, -0.2) is 44.3 Å². The van der Waals surface area contributed by atoms with Crippen molar-refractivity contribution >= 4 is 27.3 Å². The molecular weight excluding hydrogens is 393 g/mol. The van der Waals surface area contributed by atoms with Crippen LogP contribution in [0.2, 0.25) is 0 Å². The van der Waals surface area contributed by atoms with Gasteiger partial charge in [0.1, 0.15) is 5.82 Å². The van der Waals surface area contributed by atoms with Gasteiger partial charge in [0.2, 0.25) is 15.8 Å². The summed E-state index contributed by atoms with van der Waals surface area (Å²) in [6.07, 6.45) is 0. The Morgan fingerprint density at radius 3 is 2.54 bits per heavy atom. The summed E-state index contributed by atoms with van der Waals surface area (Å²) in [5, 5.41) is 13.4. The quantitative estimate of drug-likeness (QED) is 0.552. The Balaban J connectivity index is 2.15. The molecule has 2 aromatic carbocycles. The summed E-state index contributed by atoms with van der Waals surface area (Å²) < 4.78 is 44.0. The summed E-state index contributed by atoms with van der Waals surface area (Å²) in [6.45, 7) is 0.988. The van der Waals surface area contributed by atoms with Crippen LogP contribution in [0.4, 0.5) is 15.8 Å². The van der Waals surface area contributed by atoms with E-state index < -0.39 is 39.0 Å². The van der Waals surface area contributed by atoms with Gasteiger partial charge >= 0.3 is 5.69 Å². The highest BCUT2D eigenvalue weighted by Gasteiger charge is 2.21. The lowest BCUT2D eigenvalue weighted by Gasteiger charge is -2.15. The lowest BCUT2D eigenvalue weighted by Crippen LogP contribution is -2.24. The zero-order valence-electron chi connectivity index (χ0n) is 15.3. The first-order chi connectivity index (χ1) is 13.0. The molecule has 2 rings (SSSR count). The van der Waals surface area contributed by atoms with Gasteiger partial charge in [-0.15, -0.1) is 0 Å². The molecule has 150 valence electrons. The fourth-order valence-electron chi connectivity index (χ4n) is 2.25. The first kappa shape index (κ1) is 21.3. The maximum atomic E-state index is 13.3. The van der Waals surface area contributed by atoms with Gasteiger partial charge in [-0.3, -0.25) is 14.9 Å². The van der Waals surface area contributed by atoms with E-state index in [0.29, 0.717) is 5.56 Å². The third-order valence-electron chi connectivity index (χ3n) is 3.71. The monoisotopic (exact) mass is 411 g/mol. The van der Waals surface area contributed by atoms with E-state index in [1.807, 2.05) is 0 Å². The van der Waals surface area contributed by atoms with E-state index in [4.69, 9.17) is 4.74 Å². The number of rotatable bonds is 7. The second-order valence-corrected chi connectivity index (χ2v) is 8.09. The Morgan fingerprint density at radius 2 is 1.93 bits per heavy atom. The molecule has 0 aromatic heterocycles. The first-order valence-electron chi connectivity index (χ1n) is 7.92. The van der Waals surface area contributed by atoms with Crippen molar-refractivity contribution in [3.8, 4) is 5.75 Å². The summed E-state index contributed by atoms with van der Waals surface area (Å²) in [4.78, 5) is 22.3. The fraction of sp³-hybridized carbons (Fsp3) is 0.235. The van der Waals surface area contributed by atoms with E-state index in [1.165, 1.54) is 32.3 Å². The number of hydrogen-bond donors (Lipinski definition) is 1. The van der Waals surface area contributed by atoms with Gasteiger partial charge in [-0.05, 0) is 30.7 Å². The summed E-state index contributed by atoms with van der Waals surface area (Å²) in [5.41, 5.74) is 0.218. The lowest BCUT2D eigenvalue weighted by atomic mass is 10.2. The highest BCUT2D eigenvalue weighted by molar-refractivity contribution is 7.89. The van der Waals surface area contributed by atoms with Crippen LogP contribution < -0.4 is 10.1 Å². The van der Waals surface area contributed by atoms with E-state index in [0.717, 1.165) is 22.5 Å². The van der Waals surface area contributed by atoms with Crippen molar-refractivity contribution in [3.63, 3.8) is 0 Å². The van der Waals surface area contributed by atoms with Crippen LogP contribution in [0.3, 0.4) is 0 Å². The highest BCUT2D eigenvalue weighted by Crippen LogP contribution is 2.27. The number of benzene rings is 2. The number of nitro groups is 1. The highest BCUT2D eigenvalue weighted by atomic mass is 32.2. The van der Waals surface area contributed by atoms with Crippen molar-refractivity contribution in [2.45, 2.75) is 11.8 Å². The number of hydrogen-bond acceptors (Lipinski definition) is 6. The van der Waals surface area contributed by atoms with E-state index in [1.54, 1.807) is 6.92 Å². The molecule has 0 atom stereocenters. The molecule has 0 saturated carbocycles. The van der Waals surface area contributed by atoms with Gasteiger partial charge in [-0.2, -0.15) is 0 Å². The van der Waals surface area contributed by atoms with Crippen LogP contribution >= 0.6 is 0 Å². The molecule has 0 saturated heterocycles. The second kappa shape index (κ2) is 8.31. The van der Waals surface area contributed by atoms with Crippen LogP contribution in [0.25, 0.3) is 0 Å². The fourth-order valence-corrected chi connectivity index (χ4v) is 3.39. The summed E-state index contributed by atoms with van der Waals surface area (Å²) in [5.74, 6) is -1.84. The van der Waals surface area contributed by atoms with Crippen molar-refractivity contribution in [2.75, 3.05) is 26.0 Å². The number of carbonyl (C=O) groups excluding carboxylic acids is 1. The molecule has 0 heterocycles. The molecular formula is C17H18FN3O6S. The van der Waals surface area contributed by atoms with Gasteiger partial charge in [0, 0.05) is 31.9 Å². The van der Waals surface area contributed by atoms with Crippen molar-refractivity contribution in [1.29, 1.82) is 0 Å². The normalized spacial score (nSPS) is 11.3. The SMILES string of the molecule is Cc1ccc(NC(=O)COc2cc(F)ccc2[N+](=O)[O-])cc1S(=O)(=O)N(C)C. The van der Waals surface area contributed by atoms with E-state index >= 15 is 0 Å². The molecule has 0 spiro atoms. The number of anilines is 1. The average Bonchev–Trinajstić information content (AvgIpc) is 2.61. The maximum Gasteiger partial charge on any atom is 0.311 e. The van der Waals surface area contributed by atoms with Gasteiger partial charge in [0.15, 0.2) is 6.61 Å². The summed E-state index contributed by atoms with van der Waals surface area (Å²) in [6, 6.07) is 6.98. The van der Waals surface area contributed by atoms with Crippen LogP contribution in [0.15, 0.2) is 41.3 Å². The minimum absolute atomic E-state index is 0.0250. The van der Waals surface area contributed by atoms with E-state index in [-0.39, 0.29) is 16.3 Å². The van der Waals surface area contributed by atoms with Crippen LogP contribution in [-0.2, 0) is 14.8 Å². The number of aryl methyl sites for hydroxylation is 1. The lowest BCUT2D eigenvalue weighted by molar-refractivity contribution is -0.385. The molecule has 0 aliphatic carbocycles. The maximum absolute atomic E-state index is 13.3. The van der Waals surface area contributed by atoms with E-state index in [9.17, 15) is 27.7 Å². The minimum atomic E-state index is -3.71. The Hall–Kier alpha value is -3.05. The Morgan fingerprint density at radius 1 is 1.25 bits per heavy atom. The van der Waals surface area contributed by atoms with Crippen LogP contribution in [0, 0.1) is 22.9 Å². The standard InChI is InChI=1S/C17H18FN3O6S/c1-11-4-6-13(9-16(11)28(25,26)20(2)3)19-17(22)10-27-15-8-12(18)5-7-14(15)21(23)24/h4-9H,10H2,1-3H3,(H,19,22). The summed E-state index contributed by atoms with van der Waals surface area (Å²) in [7, 11) is -0.930. The van der Waals surface area contributed by atoms with Crippen molar-refractivity contribution in [1.82, 2.24) is 4.31 Å². The number of nitrogens with one attached hydrogen (secondary N) is 1. The average molecular weight is 411 g/mol. The predicted molar refractivity (Wildman–Crippen MR) is 99.2 cm³/mol. The zero-order chi connectivity index (χ0) is 21.1. The molecule has 1 amide bonds. The van der Waals surface area contributed by atoms with E-state index in [2.05, 4.69) is 5.32 Å². The molecule has 0 aliphatic heterocycles. The third kappa shape index (κ3) is 4.81. The topological polar surface area (TPSA) is 119 Å². The van der Waals surface area contributed by atoms with Gasteiger partial charge < -0.3 is 10.1 Å².